The van der Waals surface area contributed by atoms with Crippen LogP contribution in [0.15, 0.2) is 24.3 Å². The van der Waals surface area contributed by atoms with Crippen LogP contribution >= 0.6 is 0 Å². The van der Waals surface area contributed by atoms with Crippen LogP contribution in [0.2, 0.25) is 0 Å². The molecule has 0 aliphatic carbocycles. The van der Waals surface area contributed by atoms with Crippen molar-refractivity contribution in [1.82, 2.24) is 4.90 Å². The monoisotopic (exact) mass is 333 g/mol. The number of fused-ring (bicyclic) bond motifs is 1. The van der Waals surface area contributed by atoms with Crippen LogP contribution in [0.1, 0.15) is 51.7 Å². The second-order valence-electron chi connectivity index (χ2n) is 7.75. The molecule has 1 saturated heterocycles. The van der Waals surface area contributed by atoms with Gasteiger partial charge in [-0.05, 0) is 45.6 Å². The summed E-state index contributed by atoms with van der Waals surface area (Å²) in [5.41, 5.74) is 0.411. The minimum absolute atomic E-state index is 0.00989. The number of aliphatic hydroxyl groups is 1. The minimum Gasteiger partial charge on any atom is -0.490 e. The van der Waals surface area contributed by atoms with E-state index in [1.165, 1.54) is 0 Å². The Kier molecular flexibility index (Phi) is 4.72. The number of amides is 1. The van der Waals surface area contributed by atoms with Crippen LogP contribution in [-0.2, 0) is 4.74 Å². The first kappa shape index (κ1) is 17.1. The molecule has 0 spiro atoms. The first-order chi connectivity index (χ1) is 11.3. The summed E-state index contributed by atoms with van der Waals surface area (Å²) in [4.78, 5) is 13.9. The number of hydrogen-bond donors (Lipinski definition) is 1. The number of rotatable bonds is 1. The van der Waals surface area contributed by atoms with Gasteiger partial charge in [0.15, 0.2) is 0 Å². The fourth-order valence-electron chi connectivity index (χ4n) is 3.49. The van der Waals surface area contributed by atoms with Gasteiger partial charge in [-0.15, -0.1) is 0 Å². The molecule has 2 heterocycles. The number of piperidine rings is 1. The normalized spacial score (nSPS) is 24.9. The molecule has 1 fully saturated rings. The second-order valence-corrected chi connectivity index (χ2v) is 7.75. The highest BCUT2D eigenvalue weighted by Gasteiger charge is 2.35. The van der Waals surface area contributed by atoms with Gasteiger partial charge in [-0.1, -0.05) is 18.2 Å². The summed E-state index contributed by atoms with van der Waals surface area (Å²) in [6.07, 6.45) is 1.67. The van der Waals surface area contributed by atoms with Gasteiger partial charge in [0.2, 0.25) is 0 Å². The molecule has 5 nitrogen and oxygen atoms in total. The van der Waals surface area contributed by atoms with Gasteiger partial charge in [-0.3, -0.25) is 0 Å². The third-order valence-electron chi connectivity index (χ3n) is 4.73. The third kappa shape index (κ3) is 3.83. The molecule has 0 bridgehead atoms. The van der Waals surface area contributed by atoms with Gasteiger partial charge in [0, 0.05) is 25.1 Å². The van der Waals surface area contributed by atoms with Crippen molar-refractivity contribution in [3.63, 3.8) is 0 Å². The van der Waals surface area contributed by atoms with E-state index >= 15 is 0 Å². The maximum Gasteiger partial charge on any atom is 0.410 e. The number of hydrogen-bond acceptors (Lipinski definition) is 4. The Hall–Kier alpha value is -1.75. The number of nitrogens with zero attached hydrogens (tertiary/aromatic N) is 1. The Balaban J connectivity index is 1.57. The highest BCUT2D eigenvalue weighted by Crippen LogP contribution is 2.38. The van der Waals surface area contributed by atoms with Crippen molar-refractivity contribution < 1.29 is 19.4 Å². The van der Waals surface area contributed by atoms with Crippen molar-refractivity contribution in [2.45, 2.75) is 57.8 Å². The molecule has 2 aliphatic rings. The predicted molar refractivity (Wildman–Crippen MR) is 91.0 cm³/mol. The van der Waals surface area contributed by atoms with Gasteiger partial charge in [0.05, 0.1) is 6.10 Å². The molecule has 1 aromatic rings. The Bertz CT molecular complexity index is 587. The van der Waals surface area contributed by atoms with Crippen molar-refractivity contribution in [3.8, 4) is 5.75 Å². The molecular weight excluding hydrogens is 306 g/mol. The number of benzene rings is 1. The van der Waals surface area contributed by atoms with E-state index in [0.29, 0.717) is 25.4 Å². The zero-order valence-electron chi connectivity index (χ0n) is 14.7. The summed E-state index contributed by atoms with van der Waals surface area (Å²) in [6, 6.07) is 7.69. The van der Waals surface area contributed by atoms with E-state index in [-0.39, 0.29) is 12.2 Å². The van der Waals surface area contributed by atoms with Gasteiger partial charge >= 0.3 is 6.09 Å². The molecule has 2 aliphatic heterocycles. The standard InChI is InChI=1S/C19H27NO4/c1-19(2,3)24-18(22)20-10-8-13(9-11-20)17-12-15(21)14-6-4-5-7-16(14)23-17/h4-7,13,15,17,21H,8-12H2,1-3H3/t15-,17-/m0/s1. The molecule has 1 aromatic carbocycles. The number of aliphatic hydroxyl groups excluding tert-OH is 1. The number of para-hydroxylation sites is 1. The molecule has 2 atom stereocenters. The summed E-state index contributed by atoms with van der Waals surface area (Å²) in [5.74, 6) is 1.14. The van der Waals surface area contributed by atoms with E-state index in [9.17, 15) is 9.90 Å². The Morgan fingerprint density at radius 2 is 1.92 bits per heavy atom. The summed E-state index contributed by atoms with van der Waals surface area (Å²) in [5, 5.41) is 10.4. The molecule has 0 saturated carbocycles. The lowest BCUT2D eigenvalue weighted by Gasteiger charge is -2.39. The van der Waals surface area contributed by atoms with E-state index in [0.717, 1.165) is 24.2 Å². The largest absolute Gasteiger partial charge is 0.490 e. The number of carbonyl (C=O) groups is 1. The fourth-order valence-corrected chi connectivity index (χ4v) is 3.49. The van der Waals surface area contributed by atoms with E-state index in [1.54, 1.807) is 4.90 Å². The Morgan fingerprint density at radius 1 is 1.25 bits per heavy atom. The molecule has 24 heavy (non-hydrogen) atoms. The highest BCUT2D eigenvalue weighted by molar-refractivity contribution is 5.68. The van der Waals surface area contributed by atoms with E-state index in [4.69, 9.17) is 9.47 Å². The SMILES string of the molecule is CC(C)(C)OC(=O)N1CCC([C@@H]2C[C@H](O)c3ccccc3O2)CC1. The lowest BCUT2D eigenvalue weighted by Crippen LogP contribution is -2.45. The van der Waals surface area contributed by atoms with Crippen molar-refractivity contribution >= 4 is 6.09 Å². The Morgan fingerprint density at radius 3 is 2.58 bits per heavy atom. The highest BCUT2D eigenvalue weighted by atomic mass is 16.6. The van der Waals surface area contributed by atoms with Crippen LogP contribution in [0, 0.1) is 5.92 Å². The van der Waals surface area contributed by atoms with Gasteiger partial charge < -0.3 is 19.5 Å². The molecule has 0 unspecified atom stereocenters. The molecule has 0 radical (unpaired) electrons. The molecule has 1 amide bonds. The predicted octanol–water partition coefficient (Wildman–Crippen LogP) is 3.52. The smallest absolute Gasteiger partial charge is 0.410 e. The lowest BCUT2D eigenvalue weighted by molar-refractivity contribution is -0.00404. The van der Waals surface area contributed by atoms with E-state index < -0.39 is 11.7 Å². The quantitative estimate of drug-likeness (QED) is 0.854. The zero-order chi connectivity index (χ0) is 17.3. The topological polar surface area (TPSA) is 59.0 Å². The van der Waals surface area contributed by atoms with Crippen LogP contribution in [0.3, 0.4) is 0 Å². The zero-order valence-corrected chi connectivity index (χ0v) is 14.7. The molecule has 3 rings (SSSR count). The van der Waals surface area contributed by atoms with Crippen molar-refractivity contribution in [3.05, 3.63) is 29.8 Å². The van der Waals surface area contributed by atoms with Crippen molar-refractivity contribution in [1.29, 1.82) is 0 Å². The van der Waals surface area contributed by atoms with Crippen molar-refractivity contribution in [2.24, 2.45) is 5.92 Å². The van der Waals surface area contributed by atoms with Gasteiger partial charge in [0.1, 0.15) is 17.5 Å². The first-order valence-corrected chi connectivity index (χ1v) is 8.75. The average Bonchev–Trinajstić information content (AvgIpc) is 2.53. The van der Waals surface area contributed by atoms with Crippen molar-refractivity contribution in [2.75, 3.05) is 13.1 Å². The molecule has 5 heteroatoms. The number of likely N-dealkylation sites (tertiary alicyclic amines) is 1. The summed E-state index contributed by atoms with van der Waals surface area (Å²) in [7, 11) is 0. The summed E-state index contributed by atoms with van der Waals surface area (Å²) >= 11 is 0. The van der Waals surface area contributed by atoms with Gasteiger partial charge in [0.25, 0.3) is 0 Å². The lowest BCUT2D eigenvalue weighted by atomic mass is 9.85. The van der Waals surface area contributed by atoms with Gasteiger partial charge in [-0.2, -0.15) is 0 Å². The molecular formula is C19H27NO4. The molecule has 0 aromatic heterocycles. The average molecular weight is 333 g/mol. The minimum atomic E-state index is -0.469. The summed E-state index contributed by atoms with van der Waals surface area (Å²) < 4.78 is 11.6. The van der Waals surface area contributed by atoms with Gasteiger partial charge in [-0.25, -0.2) is 4.79 Å². The number of ether oxygens (including phenoxy) is 2. The number of carbonyl (C=O) groups excluding carboxylic acids is 1. The third-order valence-corrected chi connectivity index (χ3v) is 4.73. The fraction of sp³-hybridized carbons (Fsp3) is 0.632. The summed E-state index contributed by atoms with van der Waals surface area (Å²) in [6.45, 7) is 7.00. The first-order valence-electron chi connectivity index (χ1n) is 8.75. The van der Waals surface area contributed by atoms with Crippen LogP contribution in [0.5, 0.6) is 5.75 Å². The van der Waals surface area contributed by atoms with Crippen LogP contribution in [0.4, 0.5) is 4.79 Å². The van der Waals surface area contributed by atoms with E-state index in [2.05, 4.69) is 0 Å². The second kappa shape index (κ2) is 6.63. The van der Waals surface area contributed by atoms with Crippen LogP contribution < -0.4 is 4.74 Å². The maximum atomic E-state index is 12.1. The van der Waals surface area contributed by atoms with Crippen LogP contribution in [-0.4, -0.2) is 40.9 Å². The van der Waals surface area contributed by atoms with Crippen LogP contribution in [0.25, 0.3) is 0 Å². The maximum absolute atomic E-state index is 12.1. The molecule has 132 valence electrons. The Labute approximate surface area is 143 Å². The molecule has 1 N–H and O–H groups in total. The van der Waals surface area contributed by atoms with E-state index in [1.807, 2.05) is 45.0 Å².